The van der Waals surface area contributed by atoms with Gasteiger partial charge >= 0.3 is 5.97 Å². The number of carboxylic acids is 1. The Morgan fingerprint density at radius 2 is 1.78 bits per heavy atom. The number of carboxylic acid groups (broad SMARTS) is 1. The lowest BCUT2D eigenvalue weighted by Gasteiger charge is -2.36. The number of carbonyl (C=O) groups is 2. The van der Waals surface area contributed by atoms with Crippen LogP contribution in [-0.4, -0.2) is 74.6 Å². The van der Waals surface area contributed by atoms with E-state index in [4.69, 9.17) is 0 Å². The van der Waals surface area contributed by atoms with Crippen LogP contribution in [0.25, 0.3) is 17.0 Å². The second-order valence-electron chi connectivity index (χ2n) is 11.5. The number of benzene rings is 3. The van der Waals surface area contributed by atoms with Crippen molar-refractivity contribution >= 4 is 44.6 Å². The molecule has 1 unspecified atom stereocenters. The Bertz CT molecular complexity index is 1850. The Morgan fingerprint density at radius 1 is 1.04 bits per heavy atom. The van der Waals surface area contributed by atoms with Crippen LogP contribution in [0.2, 0.25) is 0 Å². The van der Waals surface area contributed by atoms with Crippen LogP contribution in [-0.2, 0) is 32.5 Å². The maximum absolute atomic E-state index is 13.5. The quantitative estimate of drug-likeness (QED) is 0.211. The third kappa shape index (κ3) is 6.63. The van der Waals surface area contributed by atoms with E-state index in [1.165, 1.54) is 12.1 Å². The molecule has 4 N–H and O–H groups in total. The zero-order valence-electron chi connectivity index (χ0n) is 24.7. The second-order valence-corrected chi connectivity index (χ2v) is 13.2. The molecule has 2 atom stereocenters. The molecule has 1 aliphatic heterocycles. The first-order chi connectivity index (χ1) is 21.6. The average molecular weight is 632 g/mol. The number of carbonyl (C=O) groups excluding carboxylic acids is 1. The van der Waals surface area contributed by atoms with E-state index in [9.17, 15) is 27.5 Å². The zero-order chi connectivity index (χ0) is 31.7. The number of aromatic nitrogens is 1. The molecule has 3 aromatic carbocycles. The number of hydrogen-bond donors (Lipinski definition) is 4. The number of H-pyrrole nitrogens is 1. The molecular weight excluding hydrogens is 597 g/mol. The number of anilines is 1. The van der Waals surface area contributed by atoms with Gasteiger partial charge in [-0.2, -0.15) is 4.72 Å². The number of nitrogens with one attached hydrogen (secondary N) is 3. The highest BCUT2D eigenvalue weighted by atomic mass is 32.2. The van der Waals surface area contributed by atoms with Crippen molar-refractivity contribution in [2.75, 3.05) is 38.1 Å². The number of rotatable bonds is 10. The molecule has 1 aliphatic carbocycles. The molecule has 2 heterocycles. The topological polar surface area (TPSA) is 135 Å². The molecule has 12 heteroatoms. The zero-order valence-corrected chi connectivity index (χ0v) is 25.5. The van der Waals surface area contributed by atoms with Gasteiger partial charge in [-0.25, -0.2) is 17.6 Å². The van der Waals surface area contributed by atoms with Gasteiger partial charge in [-0.05, 0) is 71.6 Å². The Hall–Kier alpha value is -4.52. The van der Waals surface area contributed by atoms with Crippen molar-refractivity contribution in [3.8, 4) is 0 Å². The predicted molar refractivity (Wildman–Crippen MR) is 170 cm³/mol. The number of piperazine rings is 1. The van der Waals surface area contributed by atoms with Crippen molar-refractivity contribution in [1.29, 1.82) is 0 Å². The van der Waals surface area contributed by atoms with Gasteiger partial charge in [-0.1, -0.05) is 36.4 Å². The van der Waals surface area contributed by atoms with Crippen molar-refractivity contribution in [1.82, 2.24) is 19.9 Å². The summed E-state index contributed by atoms with van der Waals surface area (Å²) in [7, 11) is -1.92. The van der Waals surface area contributed by atoms with Gasteiger partial charge in [0.25, 0.3) is 0 Å². The summed E-state index contributed by atoms with van der Waals surface area (Å²) in [5, 5.41) is 13.6. The molecule has 6 rings (SSSR count). The lowest BCUT2D eigenvalue weighted by Crippen LogP contribution is -2.45. The van der Waals surface area contributed by atoms with Crippen LogP contribution in [0.1, 0.15) is 28.4 Å². The third-order valence-corrected chi connectivity index (χ3v) is 9.84. The fourth-order valence-electron chi connectivity index (χ4n) is 5.99. The minimum Gasteiger partial charge on any atom is -0.480 e. The Balaban J connectivity index is 1.26. The molecule has 1 fully saturated rings. The Morgan fingerprint density at radius 3 is 2.49 bits per heavy atom. The van der Waals surface area contributed by atoms with E-state index in [1.807, 2.05) is 49.5 Å². The number of para-hydroxylation sites is 1. The monoisotopic (exact) mass is 631 g/mol. The van der Waals surface area contributed by atoms with E-state index in [2.05, 4.69) is 24.8 Å². The Kier molecular flexibility index (Phi) is 8.45. The molecule has 1 saturated heterocycles. The van der Waals surface area contributed by atoms with Gasteiger partial charge in [-0.15, -0.1) is 0 Å². The number of aromatic amines is 1. The summed E-state index contributed by atoms with van der Waals surface area (Å²) in [5.41, 5.74) is 4.53. The summed E-state index contributed by atoms with van der Waals surface area (Å²) in [5.74, 6) is -2.13. The summed E-state index contributed by atoms with van der Waals surface area (Å²) < 4.78 is 42.3. The van der Waals surface area contributed by atoms with E-state index >= 15 is 0 Å². The number of nitrogens with zero attached hydrogens (tertiary/aromatic N) is 2. The number of amides is 1. The molecular formula is C33H34FN5O5S. The highest BCUT2D eigenvalue weighted by Crippen LogP contribution is 2.37. The summed E-state index contributed by atoms with van der Waals surface area (Å²) >= 11 is 0. The molecule has 45 heavy (non-hydrogen) atoms. The van der Waals surface area contributed by atoms with Crippen LogP contribution in [0.4, 0.5) is 10.1 Å². The van der Waals surface area contributed by atoms with E-state index < -0.39 is 39.8 Å². The molecule has 0 spiro atoms. The first kappa shape index (κ1) is 30.5. The second kappa shape index (κ2) is 12.5. The molecule has 1 amide bonds. The molecule has 0 saturated carbocycles. The smallest absolute Gasteiger partial charge is 0.326 e. The first-order valence-corrected chi connectivity index (χ1v) is 16.2. The molecule has 4 aromatic rings. The number of hydrogen-bond acceptors (Lipinski definition) is 6. The van der Waals surface area contributed by atoms with Gasteiger partial charge in [0.1, 0.15) is 11.9 Å². The number of aliphatic carboxylic acids is 1. The minimum atomic E-state index is -3.97. The van der Waals surface area contributed by atoms with Gasteiger partial charge in [0.2, 0.25) is 15.9 Å². The summed E-state index contributed by atoms with van der Waals surface area (Å²) in [6, 6.07) is 16.0. The van der Waals surface area contributed by atoms with E-state index in [1.54, 1.807) is 12.2 Å². The standard InChI is InChI=1S/C33H34FN5O5S/c1-38-14-16-39(17-15-38)31-13-11-26-25(10-12-29(26)37-45(43,44)24-8-6-22(34)7-9-24)27(31)20-32(40)36-30(33(41)42)19-23-18-21-4-2-3-5-28(21)35-23/h2-13,18,29-30,35,37H,14-17,19-20H2,1H3,(H,36,40)(H,41,42)/t29?,30-/m1/s1. The molecule has 0 radical (unpaired) electrons. The van der Waals surface area contributed by atoms with Gasteiger partial charge in [0.05, 0.1) is 17.4 Å². The van der Waals surface area contributed by atoms with E-state index in [0.717, 1.165) is 60.5 Å². The van der Waals surface area contributed by atoms with Crippen LogP contribution >= 0.6 is 0 Å². The maximum atomic E-state index is 13.5. The molecule has 10 nitrogen and oxygen atoms in total. The maximum Gasteiger partial charge on any atom is 0.326 e. The van der Waals surface area contributed by atoms with Crippen molar-refractivity contribution in [2.45, 2.75) is 29.8 Å². The van der Waals surface area contributed by atoms with Crippen molar-refractivity contribution in [3.63, 3.8) is 0 Å². The molecule has 0 bridgehead atoms. The van der Waals surface area contributed by atoms with E-state index in [0.29, 0.717) is 16.8 Å². The predicted octanol–water partition coefficient (Wildman–Crippen LogP) is 3.46. The summed E-state index contributed by atoms with van der Waals surface area (Å²) in [6.45, 7) is 3.16. The van der Waals surface area contributed by atoms with Gasteiger partial charge < -0.3 is 25.2 Å². The van der Waals surface area contributed by atoms with Crippen molar-refractivity contribution in [3.05, 3.63) is 101 Å². The fraction of sp³-hybridized carbons (Fsp3) is 0.273. The number of sulfonamides is 1. The van der Waals surface area contributed by atoms with Crippen LogP contribution in [0.15, 0.2) is 77.7 Å². The third-order valence-electron chi connectivity index (χ3n) is 8.39. The molecule has 234 valence electrons. The van der Waals surface area contributed by atoms with Gasteiger partial charge in [0.15, 0.2) is 0 Å². The lowest BCUT2D eigenvalue weighted by atomic mass is 9.96. The van der Waals surface area contributed by atoms with Gasteiger partial charge in [0, 0.05) is 49.5 Å². The van der Waals surface area contributed by atoms with Crippen molar-refractivity contribution < 1.29 is 27.5 Å². The molecule has 2 aliphatic rings. The van der Waals surface area contributed by atoms with E-state index in [-0.39, 0.29) is 17.7 Å². The van der Waals surface area contributed by atoms with Gasteiger partial charge in [-0.3, -0.25) is 4.79 Å². The number of likely N-dealkylation sites (N-methyl/N-ethyl adjacent to an activating group) is 1. The minimum absolute atomic E-state index is 0.0610. The molecule has 1 aromatic heterocycles. The number of halogens is 1. The summed E-state index contributed by atoms with van der Waals surface area (Å²) in [6.07, 6.45) is 3.51. The fourth-order valence-corrected chi connectivity index (χ4v) is 7.16. The highest BCUT2D eigenvalue weighted by Gasteiger charge is 2.30. The normalized spacial score (nSPS) is 17.4. The first-order valence-electron chi connectivity index (χ1n) is 14.7. The average Bonchev–Trinajstić information content (AvgIpc) is 3.61. The largest absolute Gasteiger partial charge is 0.480 e. The van der Waals surface area contributed by atoms with Crippen LogP contribution < -0.4 is 14.9 Å². The van der Waals surface area contributed by atoms with Crippen LogP contribution in [0.3, 0.4) is 0 Å². The lowest BCUT2D eigenvalue weighted by molar-refractivity contribution is -0.141. The van der Waals surface area contributed by atoms with Crippen LogP contribution in [0.5, 0.6) is 0 Å². The SMILES string of the molecule is CN1CCN(c2ccc3c(c2CC(=O)N[C@H](Cc2cc4ccccc4[nH]2)C(=O)O)C=CC3NS(=O)(=O)c2ccc(F)cc2)CC1. The number of fused-ring (bicyclic) bond motifs is 2. The Labute approximate surface area is 260 Å². The van der Waals surface area contributed by atoms with Crippen LogP contribution in [0, 0.1) is 5.82 Å². The van der Waals surface area contributed by atoms with Crippen molar-refractivity contribution in [2.24, 2.45) is 0 Å². The highest BCUT2D eigenvalue weighted by molar-refractivity contribution is 7.89. The summed E-state index contributed by atoms with van der Waals surface area (Å²) in [4.78, 5) is 33.3.